The van der Waals surface area contributed by atoms with Crippen LogP contribution in [0.1, 0.15) is 82.4 Å². The van der Waals surface area contributed by atoms with Crippen molar-refractivity contribution in [1.29, 1.82) is 0 Å². The van der Waals surface area contributed by atoms with Gasteiger partial charge < -0.3 is 19.3 Å². The number of nitrogens with zero attached hydrogens (tertiary/aromatic N) is 5. The largest absolute Gasteiger partial charge is 2.00 e. The molecule has 0 saturated carbocycles. The summed E-state index contributed by atoms with van der Waals surface area (Å²) in [6, 6.07) is 26.1. The normalized spacial score (nSPS) is 21.7. The molecule has 7 heteroatoms. The van der Waals surface area contributed by atoms with Crippen LogP contribution in [0.2, 0.25) is 0 Å². The van der Waals surface area contributed by atoms with Gasteiger partial charge >= 0.3 is 21.1 Å². The molecule has 0 unspecified atom stereocenters. The molecule has 49 heavy (non-hydrogen) atoms. The Morgan fingerprint density at radius 2 is 1.67 bits per heavy atom. The number of aliphatic imine (C=N–C) groups is 1. The van der Waals surface area contributed by atoms with E-state index in [-0.39, 0.29) is 26.5 Å². The van der Waals surface area contributed by atoms with Crippen molar-refractivity contribution < 1.29 is 28.5 Å². The van der Waals surface area contributed by atoms with Gasteiger partial charge in [-0.15, -0.1) is 29.8 Å². The molecule has 6 nitrogen and oxygen atoms in total. The molecular weight excluding hydrogens is 786 g/mol. The third-order valence-electron chi connectivity index (χ3n) is 10.2. The quantitative estimate of drug-likeness (QED) is 0.167. The predicted octanol–water partition coefficient (Wildman–Crippen LogP) is 8.86. The molecule has 0 N–H and O–H groups in total. The summed E-state index contributed by atoms with van der Waals surface area (Å²) in [6.07, 6.45) is 0.560. The Labute approximate surface area is 306 Å². The number of rotatable bonds is 3. The van der Waals surface area contributed by atoms with Crippen LogP contribution in [0.15, 0.2) is 65.8 Å². The molecule has 2 aliphatic rings. The third kappa shape index (κ3) is 5.26. The second kappa shape index (κ2) is 11.5. The molecule has 2 atom stereocenters. The number of benzene rings is 2. The fraction of sp³-hybridized carbons (Fsp3) is 0.333. The van der Waals surface area contributed by atoms with Crippen molar-refractivity contribution in [2.75, 3.05) is 0 Å². The Morgan fingerprint density at radius 1 is 0.898 bits per heavy atom. The van der Waals surface area contributed by atoms with Crippen LogP contribution in [0.25, 0.3) is 38.8 Å². The van der Waals surface area contributed by atoms with Gasteiger partial charge in [0.15, 0.2) is 0 Å². The van der Waals surface area contributed by atoms with Crippen molar-refractivity contribution in [3.63, 3.8) is 0 Å². The van der Waals surface area contributed by atoms with E-state index in [9.17, 15) is 2.74 Å². The molecule has 1 aliphatic carbocycles. The number of para-hydroxylation sites is 1. The zero-order valence-corrected chi connectivity index (χ0v) is 31.7. The number of pyridine rings is 3. The Hall–Kier alpha value is -4.15. The van der Waals surface area contributed by atoms with Crippen molar-refractivity contribution in [3.05, 3.63) is 118 Å². The number of hydrogen-bond acceptors (Lipinski definition) is 5. The van der Waals surface area contributed by atoms with Gasteiger partial charge in [-0.2, -0.15) is 0 Å². The summed E-state index contributed by atoms with van der Waals surface area (Å²) in [5.41, 5.74) is 8.78. The van der Waals surface area contributed by atoms with Crippen molar-refractivity contribution >= 4 is 27.7 Å². The van der Waals surface area contributed by atoms with Crippen LogP contribution in [0.5, 0.6) is 0 Å². The van der Waals surface area contributed by atoms with Crippen molar-refractivity contribution in [3.8, 4) is 16.9 Å². The number of aryl methyl sites for hydroxylation is 4. The van der Waals surface area contributed by atoms with E-state index in [1.165, 1.54) is 5.56 Å². The van der Waals surface area contributed by atoms with Gasteiger partial charge in [0.05, 0.1) is 5.54 Å². The van der Waals surface area contributed by atoms with Crippen molar-refractivity contribution in [2.45, 2.75) is 91.7 Å². The maximum absolute atomic E-state index is 9.48. The van der Waals surface area contributed by atoms with E-state index in [1.807, 2.05) is 59.9 Å². The van der Waals surface area contributed by atoms with Gasteiger partial charge in [-0.25, -0.2) is 0 Å². The minimum atomic E-state index is -1.80. The standard InChI is InChI=1S/C42H41N5O.Pt/c1-24-18-29-22-41(8)42(9,23-34(29)26(3)44-24)48-39(46-41)33-21-37(27(4)45-25(33)2)47-36-13-11-10-12-31(36)32-15-14-28(19-38(32)47)35-20-30(16-17-43-35)40(5,6)7;/h10-18,20H,22-23H2,1-9H3;/q-2;+2/t41-,42-;/m0./s1/i22D2;. The SMILES string of the molecule is [2H]C1([2H])c2cc(C)nc(C)c2C[C@]2(C)OC(c3[c-]c(-n4c5[c-]c(-c6cc(C(C)(C)C)ccn6)ccc5c5ccccc54)c(C)nc3C)=N[C@@]12C.[Pt+2]. The second-order valence-corrected chi connectivity index (χ2v) is 14.8. The second-order valence-electron chi connectivity index (χ2n) is 14.8. The van der Waals surface area contributed by atoms with Gasteiger partial charge in [0, 0.05) is 38.6 Å². The van der Waals surface area contributed by atoms with Crippen LogP contribution in [0, 0.1) is 39.8 Å². The van der Waals surface area contributed by atoms with Crippen LogP contribution in [0.3, 0.4) is 0 Å². The monoisotopic (exact) mass is 828 g/mol. The molecule has 5 heterocycles. The number of aromatic nitrogens is 4. The molecule has 0 spiro atoms. The van der Waals surface area contributed by atoms with E-state index in [0.717, 1.165) is 67.1 Å². The first-order chi connectivity index (χ1) is 23.5. The van der Waals surface area contributed by atoms with Crippen molar-refractivity contribution in [2.24, 2.45) is 4.99 Å². The Balaban J connectivity index is 0.00000406. The smallest absolute Gasteiger partial charge is 0.511 e. The van der Waals surface area contributed by atoms with Gasteiger partial charge in [-0.05, 0) is 102 Å². The van der Waals surface area contributed by atoms with Gasteiger partial charge in [-0.1, -0.05) is 69.8 Å². The Bertz CT molecular complexity index is 2440. The predicted molar refractivity (Wildman–Crippen MR) is 193 cm³/mol. The first-order valence-electron chi connectivity index (χ1n) is 17.6. The molecule has 0 bridgehead atoms. The molecule has 2 aromatic carbocycles. The van der Waals surface area contributed by atoms with Crippen LogP contribution in [-0.2, 0) is 44.0 Å². The summed E-state index contributed by atoms with van der Waals surface area (Å²) in [5, 5.41) is 2.17. The Kier molecular flexibility index (Phi) is 7.21. The summed E-state index contributed by atoms with van der Waals surface area (Å²) in [7, 11) is 0. The van der Waals surface area contributed by atoms with Crippen LogP contribution >= 0.6 is 0 Å². The molecule has 4 aromatic heterocycles. The van der Waals surface area contributed by atoms with E-state index >= 15 is 0 Å². The van der Waals surface area contributed by atoms with E-state index in [1.54, 1.807) is 0 Å². The minimum absolute atomic E-state index is 0. The molecule has 0 radical (unpaired) electrons. The summed E-state index contributed by atoms with van der Waals surface area (Å²) in [5.74, 6) is 0.355. The maximum Gasteiger partial charge on any atom is 2.00 e. The average Bonchev–Trinajstić information content (AvgIpc) is 3.53. The topological polar surface area (TPSA) is 65.2 Å². The summed E-state index contributed by atoms with van der Waals surface area (Å²) >= 11 is 0. The minimum Gasteiger partial charge on any atom is -0.511 e. The van der Waals surface area contributed by atoms with Gasteiger partial charge in [-0.3, -0.25) is 9.98 Å². The zero-order chi connectivity index (χ0) is 35.5. The number of fused-ring (bicyclic) bond motifs is 5. The average molecular weight is 829 g/mol. The van der Waals surface area contributed by atoms with E-state index in [0.29, 0.717) is 23.4 Å². The fourth-order valence-corrected chi connectivity index (χ4v) is 7.33. The molecule has 250 valence electrons. The van der Waals surface area contributed by atoms with Crippen LogP contribution < -0.4 is 0 Å². The van der Waals surface area contributed by atoms with Crippen LogP contribution in [-0.4, -0.2) is 36.6 Å². The van der Waals surface area contributed by atoms with Crippen LogP contribution in [0.4, 0.5) is 0 Å². The van der Waals surface area contributed by atoms with Gasteiger partial charge in [0.1, 0.15) is 11.5 Å². The number of hydrogen-bond donors (Lipinski definition) is 0. The van der Waals surface area contributed by atoms with E-state index in [2.05, 4.69) is 84.9 Å². The summed E-state index contributed by atoms with van der Waals surface area (Å²) in [6.45, 7) is 18.2. The molecule has 0 saturated heterocycles. The maximum atomic E-state index is 9.48. The van der Waals surface area contributed by atoms with Crippen molar-refractivity contribution in [1.82, 2.24) is 19.5 Å². The fourth-order valence-electron chi connectivity index (χ4n) is 7.33. The zero-order valence-electron chi connectivity index (χ0n) is 31.4. The van der Waals surface area contributed by atoms with E-state index < -0.39 is 17.5 Å². The molecule has 0 fully saturated rings. The third-order valence-corrected chi connectivity index (χ3v) is 10.2. The van der Waals surface area contributed by atoms with Gasteiger partial charge in [0.25, 0.3) is 0 Å². The molecular formula is C42H41N5OPt. The summed E-state index contributed by atoms with van der Waals surface area (Å²) in [4.78, 5) is 19.6. The first kappa shape index (κ1) is 30.9. The summed E-state index contributed by atoms with van der Waals surface area (Å²) < 4.78 is 27.9. The first-order valence-corrected chi connectivity index (χ1v) is 16.6. The molecule has 6 aromatic rings. The molecule has 0 amide bonds. The van der Waals surface area contributed by atoms with E-state index in [4.69, 9.17) is 19.7 Å². The molecule has 1 aliphatic heterocycles. The Morgan fingerprint density at radius 3 is 2.45 bits per heavy atom. The molecule has 8 rings (SSSR count). The van der Waals surface area contributed by atoms with Gasteiger partial charge in [0.2, 0.25) is 0 Å². The number of ether oxygens (including phenoxy) is 1.